The van der Waals surface area contributed by atoms with Crippen LogP contribution in [0.2, 0.25) is 0 Å². The highest BCUT2D eigenvalue weighted by atomic mass is 16.5. The molecule has 6 heteroatoms. The fourth-order valence-electron chi connectivity index (χ4n) is 2.53. The normalized spacial score (nSPS) is 10.9. The number of nitrogens with one attached hydrogen (secondary N) is 1. The summed E-state index contributed by atoms with van der Waals surface area (Å²) in [7, 11) is 3.09. The molecule has 0 saturated carbocycles. The number of ether oxygens (including phenoxy) is 3. The first kappa shape index (κ1) is 21.0. The Morgan fingerprint density at radius 1 is 1.18 bits per heavy atom. The maximum absolute atomic E-state index is 12.0. The van der Waals surface area contributed by atoms with E-state index in [1.54, 1.807) is 32.4 Å². The Bertz CT molecular complexity index is 884. The van der Waals surface area contributed by atoms with Crippen molar-refractivity contribution in [2.24, 2.45) is 0 Å². The van der Waals surface area contributed by atoms with Gasteiger partial charge in [0, 0.05) is 13.7 Å². The van der Waals surface area contributed by atoms with E-state index in [1.807, 2.05) is 31.2 Å². The average Bonchev–Trinajstić information content (AvgIpc) is 2.70. The van der Waals surface area contributed by atoms with Crippen LogP contribution in [0.1, 0.15) is 16.7 Å². The van der Waals surface area contributed by atoms with Crippen LogP contribution >= 0.6 is 0 Å². The number of aryl methyl sites for hydroxylation is 1. The van der Waals surface area contributed by atoms with Crippen LogP contribution in [0.25, 0.3) is 6.08 Å². The molecule has 0 aromatic heterocycles. The van der Waals surface area contributed by atoms with Gasteiger partial charge < -0.3 is 19.5 Å². The molecule has 28 heavy (non-hydrogen) atoms. The molecule has 0 aliphatic heterocycles. The van der Waals surface area contributed by atoms with Crippen LogP contribution in [-0.2, 0) is 16.1 Å². The Kier molecular flexibility index (Phi) is 8.07. The number of amides is 1. The minimum absolute atomic E-state index is 0.00610. The quantitative estimate of drug-likeness (QED) is 0.410. The minimum Gasteiger partial charge on any atom is -0.493 e. The summed E-state index contributed by atoms with van der Waals surface area (Å²) in [6.07, 6.45) is 1.51. The van der Waals surface area contributed by atoms with Crippen LogP contribution in [0.15, 0.2) is 48.0 Å². The summed E-state index contributed by atoms with van der Waals surface area (Å²) in [5.41, 5.74) is 2.90. The van der Waals surface area contributed by atoms with Gasteiger partial charge in [-0.15, -0.1) is 0 Å². The lowest BCUT2D eigenvalue weighted by molar-refractivity contribution is -0.117. The van der Waals surface area contributed by atoms with Crippen molar-refractivity contribution in [3.63, 3.8) is 0 Å². The lowest BCUT2D eigenvalue weighted by Gasteiger charge is -2.12. The highest BCUT2D eigenvalue weighted by molar-refractivity contribution is 6.01. The van der Waals surface area contributed by atoms with Gasteiger partial charge in [-0.1, -0.05) is 35.9 Å². The fraction of sp³-hybridized carbons (Fsp3) is 0.273. The van der Waals surface area contributed by atoms with Crippen molar-refractivity contribution in [1.82, 2.24) is 5.32 Å². The van der Waals surface area contributed by atoms with Crippen LogP contribution < -0.4 is 14.8 Å². The molecule has 0 saturated heterocycles. The highest BCUT2D eigenvalue weighted by Gasteiger charge is 2.10. The Labute approximate surface area is 165 Å². The van der Waals surface area contributed by atoms with E-state index in [9.17, 15) is 10.1 Å². The van der Waals surface area contributed by atoms with Gasteiger partial charge >= 0.3 is 0 Å². The Morgan fingerprint density at radius 3 is 2.68 bits per heavy atom. The van der Waals surface area contributed by atoms with Crippen molar-refractivity contribution in [2.75, 3.05) is 27.4 Å². The number of nitriles is 1. The molecular weight excluding hydrogens is 356 g/mol. The largest absolute Gasteiger partial charge is 0.493 e. The van der Waals surface area contributed by atoms with E-state index in [2.05, 4.69) is 11.4 Å². The number of nitrogens with zero attached hydrogens (tertiary/aromatic N) is 1. The molecular formula is C22H24N2O4. The number of rotatable bonds is 9. The zero-order valence-corrected chi connectivity index (χ0v) is 16.3. The molecule has 0 aliphatic carbocycles. The van der Waals surface area contributed by atoms with Crippen LogP contribution in [0.4, 0.5) is 0 Å². The van der Waals surface area contributed by atoms with E-state index in [1.165, 1.54) is 11.6 Å². The van der Waals surface area contributed by atoms with Gasteiger partial charge in [-0.2, -0.15) is 5.26 Å². The molecule has 2 aromatic rings. The van der Waals surface area contributed by atoms with E-state index < -0.39 is 5.91 Å². The van der Waals surface area contributed by atoms with Crippen molar-refractivity contribution in [1.29, 1.82) is 5.26 Å². The summed E-state index contributed by atoms with van der Waals surface area (Å²) < 4.78 is 16.1. The minimum atomic E-state index is -0.446. The molecule has 0 aliphatic rings. The van der Waals surface area contributed by atoms with Gasteiger partial charge in [-0.25, -0.2) is 0 Å². The van der Waals surface area contributed by atoms with Crippen LogP contribution in [0.5, 0.6) is 11.5 Å². The van der Waals surface area contributed by atoms with Gasteiger partial charge in [-0.05, 0) is 36.3 Å². The molecule has 1 amide bonds. The number of methoxy groups -OCH3 is 2. The Hall–Kier alpha value is -3.30. The zero-order chi connectivity index (χ0) is 20.4. The second kappa shape index (κ2) is 10.8. The standard InChI is InChI=1S/C22H24N2O4/c1-16-5-4-6-18(11-16)15-28-20-8-7-17(13-21(20)27-3)12-19(14-23)22(25)24-9-10-26-2/h4-8,11-13H,9-10,15H2,1-3H3,(H,24,25)/b19-12+. The molecule has 0 bridgehead atoms. The topological polar surface area (TPSA) is 80.6 Å². The molecule has 0 fully saturated rings. The Balaban J connectivity index is 2.12. The van der Waals surface area contributed by atoms with Crippen molar-refractivity contribution >= 4 is 12.0 Å². The van der Waals surface area contributed by atoms with E-state index in [0.717, 1.165) is 5.56 Å². The predicted molar refractivity (Wildman–Crippen MR) is 107 cm³/mol. The average molecular weight is 380 g/mol. The molecule has 0 radical (unpaired) electrons. The molecule has 0 unspecified atom stereocenters. The second-order valence-electron chi connectivity index (χ2n) is 6.11. The van der Waals surface area contributed by atoms with Crippen molar-refractivity contribution in [2.45, 2.75) is 13.5 Å². The monoisotopic (exact) mass is 380 g/mol. The third-order valence-corrected chi connectivity index (χ3v) is 3.93. The molecule has 2 aromatic carbocycles. The first-order valence-corrected chi connectivity index (χ1v) is 8.82. The number of benzene rings is 2. The van der Waals surface area contributed by atoms with E-state index >= 15 is 0 Å². The number of hydrogen-bond donors (Lipinski definition) is 1. The second-order valence-corrected chi connectivity index (χ2v) is 6.11. The number of carbonyl (C=O) groups is 1. The predicted octanol–water partition coefficient (Wildman–Crippen LogP) is 3.25. The number of carbonyl (C=O) groups excluding carboxylic acids is 1. The summed E-state index contributed by atoms with van der Waals surface area (Å²) in [4.78, 5) is 12.0. The first-order chi connectivity index (χ1) is 13.6. The Morgan fingerprint density at radius 2 is 2.00 bits per heavy atom. The third-order valence-electron chi connectivity index (χ3n) is 3.93. The maximum atomic E-state index is 12.0. The van der Waals surface area contributed by atoms with Gasteiger partial charge in [0.25, 0.3) is 5.91 Å². The smallest absolute Gasteiger partial charge is 0.262 e. The van der Waals surface area contributed by atoms with Gasteiger partial charge in [0.05, 0.1) is 13.7 Å². The summed E-state index contributed by atoms with van der Waals surface area (Å²) in [5.74, 6) is 0.668. The van der Waals surface area contributed by atoms with Crippen LogP contribution in [0.3, 0.4) is 0 Å². The van der Waals surface area contributed by atoms with Crippen LogP contribution in [0, 0.1) is 18.3 Å². The van der Waals surface area contributed by atoms with Gasteiger partial charge in [0.15, 0.2) is 11.5 Å². The summed E-state index contributed by atoms with van der Waals surface area (Å²) in [5, 5.41) is 11.9. The third kappa shape index (κ3) is 6.15. The lowest BCUT2D eigenvalue weighted by Crippen LogP contribution is -2.27. The fourth-order valence-corrected chi connectivity index (χ4v) is 2.53. The first-order valence-electron chi connectivity index (χ1n) is 8.82. The number of hydrogen-bond acceptors (Lipinski definition) is 5. The van der Waals surface area contributed by atoms with E-state index in [4.69, 9.17) is 14.2 Å². The van der Waals surface area contributed by atoms with Crippen LogP contribution in [-0.4, -0.2) is 33.3 Å². The van der Waals surface area contributed by atoms with Gasteiger partial charge in [-0.3, -0.25) is 4.79 Å². The van der Waals surface area contributed by atoms with Gasteiger partial charge in [0.2, 0.25) is 0 Å². The molecule has 0 spiro atoms. The molecule has 6 nitrogen and oxygen atoms in total. The highest BCUT2D eigenvalue weighted by Crippen LogP contribution is 2.29. The van der Waals surface area contributed by atoms with Crippen molar-refractivity contribution in [3.05, 3.63) is 64.7 Å². The van der Waals surface area contributed by atoms with Gasteiger partial charge in [0.1, 0.15) is 18.2 Å². The SMILES string of the molecule is COCCNC(=O)/C(C#N)=C/c1ccc(OCc2cccc(C)c2)c(OC)c1. The molecule has 0 atom stereocenters. The van der Waals surface area contributed by atoms with Crippen molar-refractivity contribution in [3.8, 4) is 17.6 Å². The van der Waals surface area contributed by atoms with E-state index in [-0.39, 0.29) is 5.57 Å². The zero-order valence-electron chi connectivity index (χ0n) is 16.3. The molecule has 1 N–H and O–H groups in total. The molecule has 146 valence electrons. The lowest BCUT2D eigenvalue weighted by atomic mass is 10.1. The summed E-state index contributed by atoms with van der Waals surface area (Å²) in [6.45, 7) is 3.16. The summed E-state index contributed by atoms with van der Waals surface area (Å²) >= 11 is 0. The van der Waals surface area contributed by atoms with E-state index in [0.29, 0.717) is 36.8 Å². The van der Waals surface area contributed by atoms with Crippen molar-refractivity contribution < 1.29 is 19.0 Å². The summed E-state index contributed by atoms with van der Waals surface area (Å²) in [6, 6.07) is 15.3. The molecule has 0 heterocycles. The molecule has 2 rings (SSSR count). The maximum Gasteiger partial charge on any atom is 0.262 e.